The molecule has 0 bridgehead atoms. The molecule has 1 heterocycles. The number of nitrogens with zero attached hydrogens (tertiary/aromatic N) is 1. The normalized spacial score (nSPS) is 14.1. The summed E-state index contributed by atoms with van der Waals surface area (Å²) in [4.78, 5) is 4.35. The molecule has 0 aliphatic carbocycles. The number of halogens is 1. The predicted octanol–water partition coefficient (Wildman–Crippen LogP) is 5.20. The largest absolute Gasteiger partial charge is 0.417 e. The quantitative estimate of drug-likeness (QED) is 0.453. The van der Waals surface area contributed by atoms with E-state index in [-0.39, 0.29) is 11.1 Å². The summed E-state index contributed by atoms with van der Waals surface area (Å²) in [6, 6.07) is 3.98. The van der Waals surface area contributed by atoms with Gasteiger partial charge in [-0.05, 0) is 43.6 Å². The number of hydrogen-bond donors (Lipinski definition) is 0. The molecule has 1 unspecified atom stereocenters. The van der Waals surface area contributed by atoms with E-state index in [9.17, 15) is 0 Å². The lowest BCUT2D eigenvalue weighted by molar-refractivity contribution is 0.0564. The number of hydrogen-bond acceptors (Lipinski definition) is 3. The zero-order chi connectivity index (χ0) is 16.8. The fraction of sp³-hybridized carbons (Fsp3) is 0.706. The Kier molecular flexibility index (Phi) is 7.72. The second-order valence-corrected chi connectivity index (χ2v) is 13.0. The fourth-order valence-corrected chi connectivity index (χ4v) is 3.27. The first kappa shape index (κ1) is 19.8. The van der Waals surface area contributed by atoms with E-state index in [1.807, 2.05) is 18.3 Å². The van der Waals surface area contributed by atoms with Crippen molar-refractivity contribution in [2.24, 2.45) is 0 Å². The monoisotopic (exact) mass is 387 g/mol. The molecule has 0 saturated heterocycles. The van der Waals surface area contributed by atoms with E-state index in [0.717, 1.165) is 36.2 Å². The lowest BCUT2D eigenvalue weighted by Gasteiger charge is -2.36. The van der Waals surface area contributed by atoms with Crippen LogP contribution in [0.4, 0.5) is 0 Å². The summed E-state index contributed by atoms with van der Waals surface area (Å²) in [5.41, 5.74) is 1.05. The van der Waals surface area contributed by atoms with Crippen molar-refractivity contribution in [1.82, 2.24) is 4.98 Å². The summed E-state index contributed by atoms with van der Waals surface area (Å²) in [5.74, 6) is 0. The molecule has 0 aromatic carbocycles. The Labute approximate surface area is 145 Å². The van der Waals surface area contributed by atoms with Crippen molar-refractivity contribution in [1.29, 1.82) is 0 Å². The summed E-state index contributed by atoms with van der Waals surface area (Å²) < 4.78 is 13.1. The summed E-state index contributed by atoms with van der Waals surface area (Å²) in [5, 5.41) is 0.271. The Morgan fingerprint density at radius 3 is 2.55 bits per heavy atom. The van der Waals surface area contributed by atoms with Gasteiger partial charge in [-0.2, -0.15) is 0 Å². The van der Waals surface area contributed by atoms with Crippen molar-refractivity contribution in [3.05, 3.63) is 28.5 Å². The molecule has 3 nitrogen and oxygen atoms in total. The molecule has 1 aromatic rings. The number of rotatable bonds is 8. The van der Waals surface area contributed by atoms with E-state index in [4.69, 9.17) is 9.16 Å². The van der Waals surface area contributed by atoms with Gasteiger partial charge in [0, 0.05) is 36.0 Å². The Bertz CT molecular complexity index is 460. The third kappa shape index (κ3) is 6.90. The molecule has 0 amide bonds. The van der Waals surface area contributed by atoms with Crippen molar-refractivity contribution < 1.29 is 9.16 Å². The fourth-order valence-electron chi connectivity index (χ4n) is 1.80. The number of ether oxygens (including phenoxy) is 1. The van der Waals surface area contributed by atoms with Gasteiger partial charge in [-0.1, -0.05) is 36.7 Å². The van der Waals surface area contributed by atoms with Crippen molar-refractivity contribution in [2.75, 3.05) is 13.2 Å². The van der Waals surface area contributed by atoms with Gasteiger partial charge in [0.05, 0.1) is 6.10 Å². The zero-order valence-electron chi connectivity index (χ0n) is 14.8. The van der Waals surface area contributed by atoms with Crippen LogP contribution in [-0.4, -0.2) is 32.6 Å². The van der Waals surface area contributed by atoms with E-state index in [1.54, 1.807) is 0 Å². The maximum absolute atomic E-state index is 6.15. The van der Waals surface area contributed by atoms with Crippen LogP contribution in [0.3, 0.4) is 0 Å². The summed E-state index contributed by atoms with van der Waals surface area (Å²) in [7, 11) is -1.62. The molecule has 22 heavy (non-hydrogen) atoms. The first-order chi connectivity index (χ1) is 10.1. The van der Waals surface area contributed by atoms with Crippen molar-refractivity contribution >= 4 is 24.2 Å². The molecular weight excluding hydrogens is 358 g/mol. The molecule has 0 spiro atoms. The average molecular weight is 388 g/mol. The van der Waals surface area contributed by atoms with Crippen LogP contribution in [0.15, 0.2) is 22.8 Å². The second-order valence-electron chi connectivity index (χ2n) is 7.31. The number of pyridine rings is 1. The van der Waals surface area contributed by atoms with E-state index >= 15 is 0 Å². The minimum atomic E-state index is -1.62. The van der Waals surface area contributed by atoms with E-state index < -0.39 is 8.32 Å². The lowest BCUT2D eigenvalue weighted by atomic mass is 10.2. The van der Waals surface area contributed by atoms with Crippen molar-refractivity contribution in [3.8, 4) is 0 Å². The highest BCUT2D eigenvalue weighted by Gasteiger charge is 2.36. The van der Waals surface area contributed by atoms with Gasteiger partial charge < -0.3 is 9.16 Å². The predicted molar refractivity (Wildman–Crippen MR) is 98.8 cm³/mol. The molecule has 0 N–H and O–H groups in total. The highest BCUT2D eigenvalue weighted by Crippen LogP contribution is 2.36. The first-order valence-corrected chi connectivity index (χ1v) is 11.7. The number of aromatic nitrogens is 1. The van der Waals surface area contributed by atoms with Gasteiger partial charge in [0.1, 0.15) is 0 Å². The third-order valence-electron chi connectivity index (χ3n) is 4.24. The van der Waals surface area contributed by atoms with Crippen molar-refractivity contribution in [2.45, 2.75) is 64.8 Å². The van der Waals surface area contributed by atoms with Crippen LogP contribution in [-0.2, 0) is 15.6 Å². The minimum absolute atomic E-state index is 0.176. The smallest absolute Gasteiger partial charge is 0.191 e. The van der Waals surface area contributed by atoms with Gasteiger partial charge in [0.25, 0.3) is 0 Å². The van der Waals surface area contributed by atoms with E-state index in [0.29, 0.717) is 0 Å². The summed E-state index contributed by atoms with van der Waals surface area (Å²) >= 11 is 3.47. The Balaban J connectivity index is 2.22. The van der Waals surface area contributed by atoms with Crippen LogP contribution < -0.4 is 0 Å². The maximum Gasteiger partial charge on any atom is 0.191 e. The third-order valence-corrected chi connectivity index (χ3v) is 9.27. The van der Waals surface area contributed by atoms with Crippen LogP contribution in [0.25, 0.3) is 0 Å². The van der Waals surface area contributed by atoms with Crippen LogP contribution in [0.5, 0.6) is 0 Å². The maximum atomic E-state index is 6.15. The highest BCUT2D eigenvalue weighted by atomic mass is 79.9. The van der Waals surface area contributed by atoms with Gasteiger partial charge >= 0.3 is 0 Å². The molecule has 126 valence electrons. The average Bonchev–Trinajstić information content (AvgIpc) is 2.36. The molecule has 0 radical (unpaired) electrons. The van der Waals surface area contributed by atoms with Crippen molar-refractivity contribution in [3.63, 3.8) is 0 Å². The molecule has 1 aromatic heterocycles. The lowest BCUT2D eigenvalue weighted by Crippen LogP contribution is -2.41. The highest BCUT2D eigenvalue weighted by molar-refractivity contribution is 9.10. The standard InChI is InChI=1S/C17H30BrNO2Si/c1-14(12-16-13-15(18)8-9-19-16)20-10-7-11-21-22(5,6)17(2,3)4/h8-9,13-14H,7,10-12H2,1-6H3. The molecular formula is C17H30BrNO2Si. The van der Waals surface area contributed by atoms with Gasteiger partial charge in [0.15, 0.2) is 8.32 Å². The van der Waals surface area contributed by atoms with Crippen LogP contribution in [0, 0.1) is 0 Å². The molecule has 0 aliphatic rings. The Hall–Kier alpha value is -0.233. The van der Waals surface area contributed by atoms with Crippen LogP contribution in [0.1, 0.15) is 39.8 Å². The topological polar surface area (TPSA) is 31.4 Å². The van der Waals surface area contributed by atoms with Gasteiger partial charge in [-0.25, -0.2) is 0 Å². The SMILES string of the molecule is CC(Cc1cc(Br)ccn1)OCCCO[Si](C)(C)C(C)(C)C. The summed E-state index contributed by atoms with van der Waals surface area (Å²) in [6.07, 6.45) is 3.78. The molecule has 1 atom stereocenters. The molecule has 1 rings (SSSR count). The van der Waals surface area contributed by atoms with E-state index in [2.05, 4.69) is 61.7 Å². The van der Waals surface area contributed by atoms with Gasteiger partial charge in [0.2, 0.25) is 0 Å². The molecule has 0 aliphatic heterocycles. The van der Waals surface area contributed by atoms with Gasteiger partial charge in [-0.15, -0.1) is 0 Å². The van der Waals surface area contributed by atoms with Crippen LogP contribution in [0.2, 0.25) is 18.1 Å². The minimum Gasteiger partial charge on any atom is -0.417 e. The Morgan fingerprint density at radius 2 is 1.95 bits per heavy atom. The molecule has 5 heteroatoms. The summed E-state index contributed by atoms with van der Waals surface area (Å²) in [6.45, 7) is 15.0. The second kappa shape index (κ2) is 8.57. The Morgan fingerprint density at radius 1 is 1.27 bits per heavy atom. The molecule has 0 saturated carbocycles. The molecule has 0 fully saturated rings. The van der Waals surface area contributed by atoms with E-state index in [1.165, 1.54) is 0 Å². The van der Waals surface area contributed by atoms with Gasteiger partial charge in [-0.3, -0.25) is 4.98 Å². The first-order valence-electron chi connectivity index (χ1n) is 7.98. The zero-order valence-corrected chi connectivity index (χ0v) is 17.4. The van der Waals surface area contributed by atoms with Crippen LogP contribution >= 0.6 is 15.9 Å².